The minimum absolute atomic E-state index is 0.0881. The van der Waals surface area contributed by atoms with Crippen LogP contribution < -0.4 is 5.32 Å². The number of carbonyl (C=O) groups excluding carboxylic acids is 1. The highest BCUT2D eigenvalue weighted by Crippen LogP contribution is 2.36. The predicted molar refractivity (Wildman–Crippen MR) is 77.8 cm³/mol. The van der Waals surface area contributed by atoms with Crippen molar-refractivity contribution in [3.05, 3.63) is 35.6 Å². The summed E-state index contributed by atoms with van der Waals surface area (Å²) in [6.07, 6.45) is 2.05. The molecule has 0 aromatic heterocycles. The standard InChI is InChI=1S/C16H23FN2O/c1-11(10-18-3)16(20)19(13-8-9-13)12(2)14-6-4-5-7-15(14)17/h4-7,11-13,18H,8-10H2,1-3H3. The third-order valence-corrected chi connectivity index (χ3v) is 3.90. The molecule has 1 saturated carbocycles. The quantitative estimate of drug-likeness (QED) is 0.868. The fourth-order valence-electron chi connectivity index (χ4n) is 2.65. The second-order valence-corrected chi connectivity index (χ2v) is 5.63. The van der Waals surface area contributed by atoms with Gasteiger partial charge in [-0.3, -0.25) is 4.79 Å². The normalized spacial score (nSPS) is 17.6. The van der Waals surface area contributed by atoms with Crippen molar-refractivity contribution in [3.8, 4) is 0 Å². The molecule has 1 aromatic carbocycles. The molecule has 3 nitrogen and oxygen atoms in total. The van der Waals surface area contributed by atoms with Crippen LogP contribution in [-0.2, 0) is 4.79 Å². The predicted octanol–water partition coefficient (Wildman–Crippen LogP) is 2.73. The van der Waals surface area contributed by atoms with Gasteiger partial charge in [-0.2, -0.15) is 0 Å². The minimum atomic E-state index is -0.236. The lowest BCUT2D eigenvalue weighted by Gasteiger charge is -2.32. The van der Waals surface area contributed by atoms with Crippen LogP contribution in [-0.4, -0.2) is 30.4 Å². The summed E-state index contributed by atoms with van der Waals surface area (Å²) in [4.78, 5) is 14.5. The highest BCUT2D eigenvalue weighted by Gasteiger charge is 2.38. The largest absolute Gasteiger partial charge is 0.333 e. The summed E-state index contributed by atoms with van der Waals surface area (Å²) in [5.74, 6) is -0.216. The zero-order valence-electron chi connectivity index (χ0n) is 12.4. The van der Waals surface area contributed by atoms with Crippen molar-refractivity contribution in [1.29, 1.82) is 0 Å². The number of carbonyl (C=O) groups is 1. The van der Waals surface area contributed by atoms with E-state index in [-0.39, 0.29) is 29.7 Å². The molecule has 2 rings (SSSR count). The number of hydrogen-bond donors (Lipinski definition) is 1. The van der Waals surface area contributed by atoms with Gasteiger partial charge in [-0.15, -0.1) is 0 Å². The highest BCUT2D eigenvalue weighted by molar-refractivity contribution is 5.80. The van der Waals surface area contributed by atoms with Gasteiger partial charge in [-0.25, -0.2) is 4.39 Å². The van der Waals surface area contributed by atoms with Crippen molar-refractivity contribution >= 4 is 5.91 Å². The van der Waals surface area contributed by atoms with Crippen LogP contribution >= 0.6 is 0 Å². The van der Waals surface area contributed by atoms with Gasteiger partial charge in [-0.05, 0) is 32.9 Å². The van der Waals surface area contributed by atoms with Crippen LogP contribution in [0, 0.1) is 11.7 Å². The lowest BCUT2D eigenvalue weighted by Crippen LogP contribution is -2.41. The van der Waals surface area contributed by atoms with E-state index in [0.717, 1.165) is 12.8 Å². The first kappa shape index (κ1) is 15.0. The van der Waals surface area contributed by atoms with Gasteiger partial charge in [0, 0.05) is 24.1 Å². The second-order valence-electron chi connectivity index (χ2n) is 5.63. The van der Waals surface area contributed by atoms with Gasteiger partial charge in [-0.1, -0.05) is 25.1 Å². The Morgan fingerprint density at radius 1 is 1.40 bits per heavy atom. The van der Waals surface area contributed by atoms with Gasteiger partial charge in [0.05, 0.1) is 6.04 Å². The fourth-order valence-corrected chi connectivity index (χ4v) is 2.65. The molecule has 2 unspecified atom stereocenters. The molecule has 1 fully saturated rings. The summed E-state index contributed by atoms with van der Waals surface area (Å²) in [5.41, 5.74) is 0.601. The Labute approximate surface area is 120 Å². The molecule has 1 aliphatic rings. The van der Waals surface area contributed by atoms with Gasteiger partial charge < -0.3 is 10.2 Å². The molecular formula is C16H23FN2O. The van der Waals surface area contributed by atoms with E-state index in [2.05, 4.69) is 5.32 Å². The fraction of sp³-hybridized carbons (Fsp3) is 0.562. The van der Waals surface area contributed by atoms with Crippen LogP contribution in [0.25, 0.3) is 0 Å². The zero-order valence-corrected chi connectivity index (χ0v) is 12.4. The average molecular weight is 278 g/mol. The van der Waals surface area contributed by atoms with Crippen molar-refractivity contribution in [1.82, 2.24) is 10.2 Å². The van der Waals surface area contributed by atoms with E-state index in [4.69, 9.17) is 0 Å². The summed E-state index contributed by atoms with van der Waals surface area (Å²) in [6.45, 7) is 4.48. The SMILES string of the molecule is CNCC(C)C(=O)N(C1CC1)C(C)c1ccccc1F. The van der Waals surface area contributed by atoms with Gasteiger partial charge in [0.2, 0.25) is 5.91 Å². The summed E-state index contributed by atoms with van der Waals surface area (Å²) in [5, 5.41) is 3.03. The molecule has 1 aliphatic carbocycles. The van der Waals surface area contributed by atoms with Gasteiger partial charge in [0.1, 0.15) is 5.82 Å². The first-order valence-electron chi connectivity index (χ1n) is 7.27. The van der Waals surface area contributed by atoms with E-state index in [1.165, 1.54) is 6.07 Å². The van der Waals surface area contributed by atoms with Crippen molar-refractivity contribution in [2.45, 2.75) is 38.8 Å². The molecular weight excluding hydrogens is 255 g/mol. The molecule has 0 radical (unpaired) electrons. The van der Waals surface area contributed by atoms with E-state index in [9.17, 15) is 9.18 Å². The Balaban J connectivity index is 2.20. The Morgan fingerprint density at radius 2 is 2.05 bits per heavy atom. The minimum Gasteiger partial charge on any atom is -0.333 e. The smallest absolute Gasteiger partial charge is 0.227 e. The summed E-state index contributed by atoms with van der Waals surface area (Å²) in [6, 6.07) is 6.79. The molecule has 2 atom stereocenters. The molecule has 0 bridgehead atoms. The van der Waals surface area contributed by atoms with Crippen molar-refractivity contribution < 1.29 is 9.18 Å². The van der Waals surface area contributed by atoms with E-state index < -0.39 is 0 Å². The maximum atomic E-state index is 13.9. The molecule has 0 heterocycles. The molecule has 20 heavy (non-hydrogen) atoms. The Hall–Kier alpha value is -1.42. The molecule has 0 saturated heterocycles. The number of hydrogen-bond acceptors (Lipinski definition) is 2. The van der Waals surface area contributed by atoms with Crippen LogP contribution in [0.2, 0.25) is 0 Å². The summed E-state index contributed by atoms with van der Waals surface area (Å²) >= 11 is 0. The zero-order chi connectivity index (χ0) is 14.7. The van der Waals surface area contributed by atoms with Crippen LogP contribution in [0.5, 0.6) is 0 Å². The van der Waals surface area contributed by atoms with E-state index >= 15 is 0 Å². The Morgan fingerprint density at radius 3 is 2.60 bits per heavy atom. The van der Waals surface area contributed by atoms with Crippen LogP contribution in [0.15, 0.2) is 24.3 Å². The van der Waals surface area contributed by atoms with Gasteiger partial charge >= 0.3 is 0 Å². The van der Waals surface area contributed by atoms with Gasteiger partial charge in [0.25, 0.3) is 0 Å². The topological polar surface area (TPSA) is 32.3 Å². The number of nitrogens with zero attached hydrogens (tertiary/aromatic N) is 1. The van der Waals surface area contributed by atoms with Crippen molar-refractivity contribution in [2.24, 2.45) is 5.92 Å². The summed E-state index contributed by atoms with van der Waals surface area (Å²) in [7, 11) is 1.84. The first-order chi connectivity index (χ1) is 9.56. The van der Waals surface area contributed by atoms with Gasteiger partial charge in [0.15, 0.2) is 0 Å². The Kier molecular flexibility index (Phi) is 4.76. The number of benzene rings is 1. The maximum Gasteiger partial charge on any atom is 0.227 e. The van der Waals surface area contributed by atoms with Crippen molar-refractivity contribution in [2.75, 3.05) is 13.6 Å². The second kappa shape index (κ2) is 6.35. The third-order valence-electron chi connectivity index (χ3n) is 3.90. The van der Waals surface area contributed by atoms with E-state index in [0.29, 0.717) is 12.1 Å². The number of amides is 1. The van der Waals surface area contributed by atoms with Crippen molar-refractivity contribution in [3.63, 3.8) is 0 Å². The number of nitrogens with one attached hydrogen (secondary N) is 1. The van der Waals surface area contributed by atoms with Crippen LogP contribution in [0.4, 0.5) is 4.39 Å². The first-order valence-corrected chi connectivity index (χ1v) is 7.27. The van der Waals surface area contributed by atoms with E-state index in [1.54, 1.807) is 12.1 Å². The van der Waals surface area contributed by atoms with E-state index in [1.807, 2.05) is 31.9 Å². The average Bonchev–Trinajstić information content (AvgIpc) is 3.24. The summed E-state index contributed by atoms with van der Waals surface area (Å²) < 4.78 is 13.9. The lowest BCUT2D eigenvalue weighted by molar-refractivity contribution is -0.137. The Bertz CT molecular complexity index is 473. The molecule has 0 aliphatic heterocycles. The maximum absolute atomic E-state index is 13.9. The molecule has 1 aromatic rings. The molecule has 1 N–H and O–H groups in total. The molecule has 0 spiro atoms. The molecule has 110 valence electrons. The third kappa shape index (κ3) is 3.18. The van der Waals surface area contributed by atoms with Crippen LogP contribution in [0.3, 0.4) is 0 Å². The monoisotopic (exact) mass is 278 g/mol. The molecule has 1 amide bonds. The lowest BCUT2D eigenvalue weighted by atomic mass is 10.0. The van der Waals surface area contributed by atoms with Crippen LogP contribution in [0.1, 0.15) is 38.3 Å². The number of rotatable bonds is 6. The molecule has 4 heteroatoms. The number of halogens is 1. The highest BCUT2D eigenvalue weighted by atomic mass is 19.1.